The number of carbonyl (C=O) groups excluding carboxylic acids is 2. The van der Waals surface area contributed by atoms with Crippen LogP contribution in [0.4, 0.5) is 4.79 Å². The highest BCUT2D eigenvalue weighted by molar-refractivity contribution is 7.98. The molecule has 0 saturated carbocycles. The first-order valence-electron chi connectivity index (χ1n) is 9.92. The van der Waals surface area contributed by atoms with Crippen LogP contribution in [0.3, 0.4) is 0 Å². The van der Waals surface area contributed by atoms with Gasteiger partial charge in [0.25, 0.3) is 0 Å². The first kappa shape index (κ1) is 26.7. The van der Waals surface area contributed by atoms with Gasteiger partial charge in [0, 0.05) is 16.3 Å². The van der Waals surface area contributed by atoms with Crippen molar-refractivity contribution in [1.82, 2.24) is 4.72 Å². The third kappa shape index (κ3) is 13.5. The molecule has 0 atom stereocenters. The molecular weight excluding hydrogens is 436 g/mol. The molecule has 3 N–H and O–H groups in total. The standard InChI is InChI=1S/C18H20ClNO2S.C5H11NO2/c1-13(2)6-11-18(21)20-23-17-5-3-4-16(12-17)22-15-9-7-14(19)8-10-15;1-5(2,3)8-4(6)7/h3-5,7-10,12-13H,6,11H2,1-2H3,(H,20,21);1-3H3,(H2,6,7). The maximum absolute atomic E-state index is 11.8. The molecule has 6 nitrogen and oxygen atoms in total. The molecule has 0 spiro atoms. The van der Waals surface area contributed by atoms with Gasteiger partial charge in [0.2, 0.25) is 5.91 Å². The molecule has 2 rings (SSSR count). The smallest absolute Gasteiger partial charge is 0.405 e. The lowest BCUT2D eigenvalue weighted by molar-refractivity contribution is -0.119. The van der Waals surface area contributed by atoms with E-state index in [9.17, 15) is 9.59 Å². The molecule has 0 bridgehead atoms. The maximum Gasteiger partial charge on any atom is 0.405 e. The van der Waals surface area contributed by atoms with Crippen molar-refractivity contribution in [2.45, 2.75) is 58.0 Å². The normalized spacial score (nSPS) is 10.7. The summed E-state index contributed by atoms with van der Waals surface area (Å²) in [6, 6.07) is 14.8. The van der Waals surface area contributed by atoms with Gasteiger partial charge < -0.3 is 15.2 Å². The van der Waals surface area contributed by atoms with E-state index < -0.39 is 11.7 Å². The van der Waals surface area contributed by atoms with Gasteiger partial charge in [-0.3, -0.25) is 9.52 Å². The quantitative estimate of drug-likeness (QED) is 0.450. The molecule has 0 radical (unpaired) electrons. The summed E-state index contributed by atoms with van der Waals surface area (Å²) in [6.45, 7) is 9.50. The lowest BCUT2D eigenvalue weighted by Gasteiger charge is -2.16. The van der Waals surface area contributed by atoms with E-state index in [4.69, 9.17) is 22.1 Å². The van der Waals surface area contributed by atoms with E-state index >= 15 is 0 Å². The number of rotatable bonds is 7. The largest absolute Gasteiger partial charge is 0.457 e. The molecule has 0 fully saturated rings. The van der Waals surface area contributed by atoms with E-state index in [1.165, 1.54) is 11.9 Å². The van der Waals surface area contributed by atoms with Gasteiger partial charge in [-0.2, -0.15) is 0 Å². The van der Waals surface area contributed by atoms with Gasteiger partial charge in [0.15, 0.2) is 0 Å². The molecule has 0 saturated heterocycles. The van der Waals surface area contributed by atoms with Gasteiger partial charge in [-0.1, -0.05) is 31.5 Å². The molecule has 31 heavy (non-hydrogen) atoms. The number of hydrogen-bond donors (Lipinski definition) is 2. The fourth-order valence-corrected chi connectivity index (χ4v) is 2.91. The minimum atomic E-state index is -0.725. The van der Waals surface area contributed by atoms with Gasteiger partial charge in [0.1, 0.15) is 17.1 Å². The Morgan fingerprint density at radius 1 is 1.10 bits per heavy atom. The number of carbonyl (C=O) groups is 2. The zero-order valence-electron chi connectivity index (χ0n) is 18.6. The van der Waals surface area contributed by atoms with E-state index in [1.807, 2.05) is 36.4 Å². The number of nitrogens with one attached hydrogen (secondary N) is 1. The number of halogens is 1. The van der Waals surface area contributed by atoms with E-state index in [-0.39, 0.29) is 5.91 Å². The highest BCUT2D eigenvalue weighted by Crippen LogP contribution is 2.26. The van der Waals surface area contributed by atoms with Crippen LogP contribution in [0, 0.1) is 5.92 Å². The predicted octanol–water partition coefficient (Wildman–Crippen LogP) is 6.57. The van der Waals surface area contributed by atoms with E-state index in [2.05, 4.69) is 23.3 Å². The van der Waals surface area contributed by atoms with Crippen LogP contribution >= 0.6 is 23.5 Å². The zero-order valence-corrected chi connectivity index (χ0v) is 20.2. The molecule has 2 aromatic rings. The Bertz CT molecular complexity index is 836. The van der Waals surface area contributed by atoms with Gasteiger partial charge in [-0.15, -0.1) is 0 Å². The fourth-order valence-electron chi connectivity index (χ4n) is 2.13. The summed E-state index contributed by atoms with van der Waals surface area (Å²) in [5.74, 6) is 2.01. The second-order valence-corrected chi connectivity index (χ2v) is 9.44. The molecule has 2 amide bonds. The van der Waals surface area contributed by atoms with Crippen LogP contribution in [0.5, 0.6) is 11.5 Å². The molecule has 0 unspecified atom stereocenters. The van der Waals surface area contributed by atoms with Crippen molar-refractivity contribution in [1.29, 1.82) is 0 Å². The molecular formula is C23H31ClN2O4S. The van der Waals surface area contributed by atoms with Crippen LogP contribution in [0.25, 0.3) is 0 Å². The Hall–Kier alpha value is -2.38. The summed E-state index contributed by atoms with van der Waals surface area (Å²) in [6.07, 6.45) is 0.718. The lowest BCUT2D eigenvalue weighted by atomic mass is 10.1. The lowest BCUT2D eigenvalue weighted by Crippen LogP contribution is -2.27. The molecule has 0 aliphatic carbocycles. The van der Waals surface area contributed by atoms with Crippen LogP contribution in [0.15, 0.2) is 53.4 Å². The summed E-state index contributed by atoms with van der Waals surface area (Å²) < 4.78 is 13.2. The Morgan fingerprint density at radius 3 is 2.26 bits per heavy atom. The number of hydrogen-bond acceptors (Lipinski definition) is 5. The highest BCUT2D eigenvalue weighted by Gasteiger charge is 2.12. The Labute approximate surface area is 194 Å². The van der Waals surface area contributed by atoms with Crippen LogP contribution < -0.4 is 15.2 Å². The van der Waals surface area contributed by atoms with Crippen molar-refractivity contribution >= 4 is 35.5 Å². The van der Waals surface area contributed by atoms with Crippen molar-refractivity contribution < 1.29 is 19.1 Å². The summed E-state index contributed by atoms with van der Waals surface area (Å²) in [5.41, 5.74) is 4.26. The summed E-state index contributed by atoms with van der Waals surface area (Å²) >= 11 is 7.16. The number of amides is 2. The minimum absolute atomic E-state index is 0.0488. The average Bonchev–Trinajstić information content (AvgIpc) is 2.65. The number of primary amides is 1. The molecule has 2 aromatic carbocycles. The Balaban J connectivity index is 0.000000512. The Kier molecular flexibility index (Phi) is 11.3. The van der Waals surface area contributed by atoms with E-state index in [1.54, 1.807) is 32.9 Å². The van der Waals surface area contributed by atoms with E-state index in [0.29, 0.717) is 23.1 Å². The van der Waals surface area contributed by atoms with Gasteiger partial charge in [-0.05, 0) is 87.5 Å². The second kappa shape index (κ2) is 13.1. The van der Waals surface area contributed by atoms with Crippen molar-refractivity contribution in [2.24, 2.45) is 11.7 Å². The third-order valence-corrected chi connectivity index (χ3v) is 4.56. The highest BCUT2D eigenvalue weighted by atomic mass is 35.5. The van der Waals surface area contributed by atoms with Gasteiger partial charge in [0.05, 0.1) is 0 Å². The summed E-state index contributed by atoms with van der Waals surface area (Å²) in [5, 5.41) is 0.672. The molecule has 0 aliphatic rings. The SMILES string of the molecule is CC(C)(C)OC(N)=O.CC(C)CCC(=O)NSc1cccc(Oc2ccc(Cl)cc2)c1. The first-order valence-corrected chi connectivity index (χ1v) is 11.1. The molecule has 0 aromatic heterocycles. The zero-order chi connectivity index (χ0) is 23.4. The van der Waals surface area contributed by atoms with Crippen molar-refractivity contribution in [3.8, 4) is 11.5 Å². The van der Waals surface area contributed by atoms with Crippen LogP contribution in [0.2, 0.25) is 5.02 Å². The van der Waals surface area contributed by atoms with Gasteiger partial charge in [-0.25, -0.2) is 4.79 Å². The minimum Gasteiger partial charge on any atom is -0.457 e. The van der Waals surface area contributed by atoms with Crippen molar-refractivity contribution in [3.05, 3.63) is 53.6 Å². The topological polar surface area (TPSA) is 90.7 Å². The fraction of sp³-hybridized carbons (Fsp3) is 0.391. The van der Waals surface area contributed by atoms with Crippen LogP contribution in [0.1, 0.15) is 47.5 Å². The second-order valence-electron chi connectivity index (χ2n) is 8.12. The maximum atomic E-state index is 11.8. The Morgan fingerprint density at radius 2 is 1.74 bits per heavy atom. The van der Waals surface area contributed by atoms with E-state index in [0.717, 1.165) is 17.1 Å². The van der Waals surface area contributed by atoms with Crippen LogP contribution in [-0.2, 0) is 9.53 Å². The number of benzene rings is 2. The molecule has 170 valence electrons. The average molecular weight is 467 g/mol. The summed E-state index contributed by atoms with van der Waals surface area (Å²) in [7, 11) is 0. The molecule has 0 aliphatic heterocycles. The number of ether oxygens (including phenoxy) is 2. The first-order chi connectivity index (χ1) is 14.4. The van der Waals surface area contributed by atoms with Crippen molar-refractivity contribution in [3.63, 3.8) is 0 Å². The predicted molar refractivity (Wildman–Crippen MR) is 126 cm³/mol. The monoisotopic (exact) mass is 466 g/mol. The van der Waals surface area contributed by atoms with Gasteiger partial charge >= 0.3 is 6.09 Å². The van der Waals surface area contributed by atoms with Crippen molar-refractivity contribution in [2.75, 3.05) is 0 Å². The molecule has 0 heterocycles. The van der Waals surface area contributed by atoms with Crippen LogP contribution in [-0.4, -0.2) is 17.6 Å². The molecule has 8 heteroatoms. The third-order valence-electron chi connectivity index (χ3n) is 3.49. The number of nitrogens with two attached hydrogens (primary N) is 1. The summed E-state index contributed by atoms with van der Waals surface area (Å²) in [4.78, 5) is 22.7.